The van der Waals surface area contributed by atoms with Crippen molar-refractivity contribution in [2.45, 2.75) is 0 Å². The first-order chi connectivity index (χ1) is 6.06. The molecule has 1 rings (SSSR count). The van der Waals surface area contributed by atoms with E-state index in [1.54, 1.807) is 0 Å². The lowest BCUT2D eigenvalue weighted by molar-refractivity contribution is 0.102. The van der Waals surface area contributed by atoms with Gasteiger partial charge in [0.15, 0.2) is 17.4 Å². The first kappa shape index (κ1) is 10.6. The Balaban J connectivity index is 3.20. The molecule has 0 amide bonds. The van der Waals surface area contributed by atoms with Gasteiger partial charge in [-0.25, -0.2) is 8.78 Å². The summed E-state index contributed by atoms with van der Waals surface area (Å²) in [5.74, 6) is -2.77. The molecule has 70 valence electrons. The molecular formula is C8H4BrClF2O. The standard InChI is InChI=1S/C8H4BrClF2O/c9-5-1-4(7(13)3-10)2-6(11)8(5)12/h1-2H,3H2. The molecule has 0 heterocycles. The monoisotopic (exact) mass is 268 g/mol. The highest BCUT2D eigenvalue weighted by molar-refractivity contribution is 9.10. The fourth-order valence-corrected chi connectivity index (χ4v) is 1.38. The van der Waals surface area contributed by atoms with E-state index in [2.05, 4.69) is 15.9 Å². The zero-order valence-corrected chi connectivity index (χ0v) is 8.62. The normalized spacial score (nSPS) is 10.2. The molecule has 1 nitrogen and oxygen atoms in total. The molecule has 13 heavy (non-hydrogen) atoms. The largest absolute Gasteiger partial charge is 0.293 e. The third-order valence-electron chi connectivity index (χ3n) is 1.43. The van der Waals surface area contributed by atoms with Crippen LogP contribution in [-0.4, -0.2) is 11.7 Å². The van der Waals surface area contributed by atoms with Crippen molar-refractivity contribution in [3.63, 3.8) is 0 Å². The SMILES string of the molecule is O=C(CCl)c1cc(F)c(F)c(Br)c1. The van der Waals surface area contributed by atoms with Crippen LogP contribution < -0.4 is 0 Å². The molecule has 0 aliphatic rings. The summed E-state index contributed by atoms with van der Waals surface area (Å²) in [7, 11) is 0. The molecule has 0 saturated carbocycles. The quantitative estimate of drug-likeness (QED) is 0.458. The highest BCUT2D eigenvalue weighted by Gasteiger charge is 2.12. The molecule has 1 aromatic carbocycles. The van der Waals surface area contributed by atoms with Crippen molar-refractivity contribution in [3.05, 3.63) is 33.8 Å². The second-order valence-electron chi connectivity index (χ2n) is 2.31. The van der Waals surface area contributed by atoms with E-state index in [1.807, 2.05) is 0 Å². The molecule has 0 N–H and O–H groups in total. The number of hydrogen-bond donors (Lipinski definition) is 0. The van der Waals surface area contributed by atoms with Gasteiger partial charge in [0, 0.05) is 5.56 Å². The zero-order valence-electron chi connectivity index (χ0n) is 6.28. The summed E-state index contributed by atoms with van der Waals surface area (Å²) in [5.41, 5.74) is 0.0563. The smallest absolute Gasteiger partial charge is 0.177 e. The first-order valence-electron chi connectivity index (χ1n) is 3.30. The predicted octanol–water partition coefficient (Wildman–Crippen LogP) is 3.15. The molecule has 1 aromatic rings. The molecule has 0 aliphatic heterocycles. The van der Waals surface area contributed by atoms with Crippen LogP contribution in [-0.2, 0) is 0 Å². The zero-order chi connectivity index (χ0) is 10.0. The topological polar surface area (TPSA) is 17.1 Å². The Morgan fingerprint density at radius 2 is 2.08 bits per heavy atom. The van der Waals surface area contributed by atoms with Crippen LogP contribution in [0.15, 0.2) is 16.6 Å². The average Bonchev–Trinajstić information content (AvgIpc) is 2.12. The van der Waals surface area contributed by atoms with Crippen LogP contribution in [0.25, 0.3) is 0 Å². The minimum atomic E-state index is -1.07. The number of halogens is 4. The third kappa shape index (κ3) is 2.25. The van der Waals surface area contributed by atoms with Crippen LogP contribution in [0.1, 0.15) is 10.4 Å². The maximum absolute atomic E-state index is 12.7. The van der Waals surface area contributed by atoms with E-state index in [0.717, 1.165) is 6.07 Å². The highest BCUT2D eigenvalue weighted by Crippen LogP contribution is 2.20. The van der Waals surface area contributed by atoms with Crippen molar-refractivity contribution >= 4 is 33.3 Å². The summed E-state index contributed by atoms with van der Waals surface area (Å²) in [6.07, 6.45) is 0. The summed E-state index contributed by atoms with van der Waals surface area (Å²) in [6, 6.07) is 2.02. The van der Waals surface area contributed by atoms with E-state index in [-0.39, 0.29) is 15.9 Å². The van der Waals surface area contributed by atoms with Gasteiger partial charge in [-0.1, -0.05) is 0 Å². The van der Waals surface area contributed by atoms with E-state index >= 15 is 0 Å². The van der Waals surface area contributed by atoms with Gasteiger partial charge in [0.2, 0.25) is 0 Å². The van der Waals surface area contributed by atoms with Gasteiger partial charge in [-0.3, -0.25) is 4.79 Å². The van der Waals surface area contributed by atoms with Crippen molar-refractivity contribution in [3.8, 4) is 0 Å². The summed E-state index contributed by atoms with van der Waals surface area (Å²) >= 11 is 8.03. The Labute approximate surface area is 86.8 Å². The fraction of sp³-hybridized carbons (Fsp3) is 0.125. The lowest BCUT2D eigenvalue weighted by atomic mass is 10.1. The number of benzene rings is 1. The van der Waals surface area contributed by atoms with E-state index in [4.69, 9.17) is 11.6 Å². The van der Waals surface area contributed by atoms with Crippen LogP contribution in [0.3, 0.4) is 0 Å². The van der Waals surface area contributed by atoms with E-state index in [1.165, 1.54) is 6.07 Å². The van der Waals surface area contributed by atoms with Crippen LogP contribution >= 0.6 is 27.5 Å². The minimum Gasteiger partial charge on any atom is -0.293 e. The summed E-state index contributed by atoms with van der Waals surface area (Å²) in [6.45, 7) is 0. The van der Waals surface area contributed by atoms with Crippen LogP contribution in [0.4, 0.5) is 8.78 Å². The summed E-state index contributed by atoms with van der Waals surface area (Å²) in [4.78, 5) is 11.0. The number of Topliss-reactive ketones (excluding diaryl/α,β-unsaturated/α-hetero) is 1. The number of hydrogen-bond acceptors (Lipinski definition) is 1. The fourth-order valence-electron chi connectivity index (χ4n) is 0.794. The van der Waals surface area contributed by atoms with Gasteiger partial charge in [0.05, 0.1) is 10.4 Å². The Hall–Kier alpha value is -0.480. The Bertz CT molecular complexity index is 331. The Morgan fingerprint density at radius 1 is 1.46 bits per heavy atom. The van der Waals surface area contributed by atoms with Crippen LogP contribution in [0.5, 0.6) is 0 Å². The number of carbonyl (C=O) groups is 1. The molecule has 5 heteroatoms. The molecule has 0 aliphatic carbocycles. The van der Waals surface area contributed by atoms with Gasteiger partial charge in [-0.2, -0.15) is 0 Å². The number of rotatable bonds is 2. The molecule has 0 spiro atoms. The summed E-state index contributed by atoms with van der Waals surface area (Å²) in [5, 5.41) is 0. The van der Waals surface area contributed by atoms with Gasteiger partial charge in [0.1, 0.15) is 0 Å². The number of ketones is 1. The lowest BCUT2D eigenvalue weighted by Crippen LogP contribution is -2.02. The maximum atomic E-state index is 12.7. The highest BCUT2D eigenvalue weighted by atomic mass is 79.9. The van der Waals surface area contributed by atoms with Gasteiger partial charge >= 0.3 is 0 Å². The van der Waals surface area contributed by atoms with Crippen molar-refractivity contribution in [1.82, 2.24) is 0 Å². The summed E-state index contributed by atoms with van der Waals surface area (Å²) < 4.78 is 25.4. The molecular weight excluding hydrogens is 265 g/mol. The molecule has 0 bridgehead atoms. The Morgan fingerprint density at radius 3 is 2.54 bits per heavy atom. The average molecular weight is 269 g/mol. The van der Waals surface area contributed by atoms with Crippen LogP contribution in [0, 0.1) is 11.6 Å². The maximum Gasteiger partial charge on any atom is 0.177 e. The molecule has 0 atom stereocenters. The van der Waals surface area contributed by atoms with E-state index in [0.29, 0.717) is 0 Å². The minimum absolute atomic E-state index is 0.0563. The van der Waals surface area contributed by atoms with Gasteiger partial charge in [-0.05, 0) is 28.1 Å². The predicted molar refractivity (Wildman–Crippen MR) is 49.1 cm³/mol. The molecule has 0 radical (unpaired) electrons. The molecule has 0 unspecified atom stereocenters. The first-order valence-corrected chi connectivity index (χ1v) is 4.62. The second-order valence-corrected chi connectivity index (χ2v) is 3.43. The van der Waals surface area contributed by atoms with Crippen molar-refractivity contribution in [2.75, 3.05) is 5.88 Å². The van der Waals surface area contributed by atoms with Crippen molar-refractivity contribution in [1.29, 1.82) is 0 Å². The molecule has 0 aromatic heterocycles. The van der Waals surface area contributed by atoms with Gasteiger partial charge in [-0.15, -0.1) is 11.6 Å². The van der Waals surface area contributed by atoms with E-state index < -0.39 is 17.4 Å². The van der Waals surface area contributed by atoms with Crippen molar-refractivity contribution < 1.29 is 13.6 Å². The lowest BCUT2D eigenvalue weighted by Gasteiger charge is -2.00. The number of carbonyl (C=O) groups excluding carboxylic acids is 1. The Kier molecular flexibility index (Phi) is 3.39. The van der Waals surface area contributed by atoms with Gasteiger partial charge < -0.3 is 0 Å². The van der Waals surface area contributed by atoms with E-state index in [9.17, 15) is 13.6 Å². The second kappa shape index (κ2) is 4.15. The van der Waals surface area contributed by atoms with Crippen molar-refractivity contribution in [2.24, 2.45) is 0 Å². The molecule has 0 saturated heterocycles. The molecule has 0 fully saturated rings. The van der Waals surface area contributed by atoms with Crippen LogP contribution in [0.2, 0.25) is 0 Å². The van der Waals surface area contributed by atoms with Gasteiger partial charge in [0.25, 0.3) is 0 Å². The number of alkyl halides is 1. The third-order valence-corrected chi connectivity index (χ3v) is 2.25.